The maximum Gasteiger partial charge on any atom is 0.317 e. The minimum atomic E-state index is -0.0601. The highest BCUT2D eigenvalue weighted by Gasteiger charge is 2.25. The van der Waals surface area contributed by atoms with Gasteiger partial charge in [-0.15, -0.1) is 11.3 Å². The van der Waals surface area contributed by atoms with Gasteiger partial charge in [0, 0.05) is 36.8 Å². The molecule has 0 aromatic carbocycles. The largest absolute Gasteiger partial charge is 0.332 e. The molecule has 2 amide bonds. The van der Waals surface area contributed by atoms with Crippen molar-refractivity contribution in [2.75, 3.05) is 13.1 Å². The first-order valence-electron chi connectivity index (χ1n) is 8.38. The molecule has 2 N–H and O–H groups in total. The third-order valence-corrected chi connectivity index (χ3v) is 5.27. The molecule has 1 saturated heterocycles. The summed E-state index contributed by atoms with van der Waals surface area (Å²) in [6, 6.07) is -0.0601. The lowest BCUT2D eigenvalue weighted by Crippen LogP contribution is -2.44. The summed E-state index contributed by atoms with van der Waals surface area (Å²) >= 11 is 1.49. The molecule has 4 rings (SSSR count). The van der Waals surface area contributed by atoms with Crippen molar-refractivity contribution < 1.29 is 4.79 Å². The summed E-state index contributed by atoms with van der Waals surface area (Å²) in [5, 5.41) is 12.5. The third kappa shape index (κ3) is 3.69. The quantitative estimate of drug-likeness (QED) is 0.724. The van der Waals surface area contributed by atoms with Gasteiger partial charge in [0.2, 0.25) is 0 Å². The van der Waals surface area contributed by atoms with Crippen molar-refractivity contribution in [2.45, 2.75) is 25.3 Å². The second-order valence-corrected chi connectivity index (χ2v) is 6.88. The standard InChI is InChI=1S/C16H18N8OS/c25-16(24-5-1-11(2-6-24)14-20-10-21-23-14)19-7-12-9-26-15(22-12)13-8-17-3-4-18-13/h3-4,8-11H,1-2,5-7H2,(H,19,25)(H,20,21,23). The van der Waals surface area contributed by atoms with Gasteiger partial charge in [0.25, 0.3) is 0 Å². The Morgan fingerprint density at radius 2 is 2.19 bits per heavy atom. The molecule has 0 unspecified atom stereocenters. The van der Waals surface area contributed by atoms with Gasteiger partial charge >= 0.3 is 6.03 Å². The lowest BCUT2D eigenvalue weighted by Gasteiger charge is -2.30. The van der Waals surface area contributed by atoms with Crippen LogP contribution in [0.5, 0.6) is 0 Å². The number of carbonyl (C=O) groups excluding carboxylic acids is 1. The first-order chi connectivity index (χ1) is 12.8. The molecule has 0 saturated carbocycles. The van der Waals surface area contributed by atoms with Crippen LogP contribution < -0.4 is 5.32 Å². The average molecular weight is 370 g/mol. The van der Waals surface area contributed by atoms with Crippen molar-refractivity contribution in [1.29, 1.82) is 0 Å². The van der Waals surface area contributed by atoms with E-state index in [-0.39, 0.29) is 6.03 Å². The van der Waals surface area contributed by atoms with Crippen molar-refractivity contribution >= 4 is 17.4 Å². The Morgan fingerprint density at radius 3 is 2.92 bits per heavy atom. The summed E-state index contributed by atoms with van der Waals surface area (Å²) in [7, 11) is 0. The van der Waals surface area contributed by atoms with Gasteiger partial charge in [-0.3, -0.25) is 15.1 Å². The summed E-state index contributed by atoms with van der Waals surface area (Å²) in [4.78, 5) is 31.2. The number of nitrogens with zero attached hydrogens (tertiary/aromatic N) is 6. The highest BCUT2D eigenvalue weighted by atomic mass is 32.1. The summed E-state index contributed by atoms with van der Waals surface area (Å²) in [6.07, 6.45) is 8.24. The Kier molecular flexibility index (Phi) is 4.82. The van der Waals surface area contributed by atoms with Crippen LogP contribution in [0, 0.1) is 0 Å². The van der Waals surface area contributed by atoms with Crippen molar-refractivity contribution in [3.8, 4) is 10.7 Å². The molecule has 1 fully saturated rings. The van der Waals surface area contributed by atoms with Crippen LogP contribution >= 0.6 is 11.3 Å². The van der Waals surface area contributed by atoms with Gasteiger partial charge in [-0.1, -0.05) is 0 Å². The van der Waals surface area contributed by atoms with Crippen molar-refractivity contribution in [3.63, 3.8) is 0 Å². The van der Waals surface area contributed by atoms with Gasteiger partial charge < -0.3 is 10.2 Å². The Hall–Kier alpha value is -2.88. The number of H-pyrrole nitrogens is 1. The highest BCUT2D eigenvalue weighted by Crippen LogP contribution is 2.25. The van der Waals surface area contributed by atoms with Crippen LogP contribution in [-0.2, 0) is 6.54 Å². The molecule has 0 bridgehead atoms. The second kappa shape index (κ2) is 7.56. The number of likely N-dealkylation sites (tertiary alicyclic amines) is 1. The topological polar surface area (TPSA) is 113 Å². The minimum absolute atomic E-state index is 0.0601. The predicted octanol–water partition coefficient (Wildman–Crippen LogP) is 1.81. The summed E-state index contributed by atoms with van der Waals surface area (Å²) in [5.41, 5.74) is 1.56. The van der Waals surface area contributed by atoms with Gasteiger partial charge in [-0.05, 0) is 12.8 Å². The average Bonchev–Trinajstić information content (AvgIpc) is 3.39. The van der Waals surface area contributed by atoms with Crippen LogP contribution in [-0.4, -0.2) is 54.2 Å². The number of thiazole rings is 1. The Bertz CT molecular complexity index is 842. The van der Waals surface area contributed by atoms with E-state index in [1.165, 1.54) is 17.7 Å². The first-order valence-corrected chi connectivity index (χ1v) is 9.26. The van der Waals surface area contributed by atoms with Crippen molar-refractivity contribution in [2.24, 2.45) is 0 Å². The summed E-state index contributed by atoms with van der Waals surface area (Å²) in [6.45, 7) is 1.82. The smallest absolute Gasteiger partial charge is 0.317 e. The Balaban J connectivity index is 1.28. The minimum Gasteiger partial charge on any atom is -0.332 e. The maximum atomic E-state index is 12.4. The first kappa shape index (κ1) is 16.6. The van der Waals surface area contributed by atoms with Crippen molar-refractivity contribution in [1.82, 2.24) is 40.3 Å². The molecule has 0 radical (unpaired) electrons. The number of aromatic nitrogens is 6. The van der Waals surface area contributed by atoms with E-state index in [0.29, 0.717) is 25.6 Å². The molecule has 0 spiro atoms. The number of piperidine rings is 1. The van der Waals surface area contributed by atoms with E-state index in [9.17, 15) is 4.79 Å². The number of hydrogen-bond donors (Lipinski definition) is 2. The predicted molar refractivity (Wildman–Crippen MR) is 95.3 cm³/mol. The van der Waals surface area contributed by atoms with E-state index in [0.717, 1.165) is 35.1 Å². The van der Waals surface area contributed by atoms with Crippen LogP contribution in [0.2, 0.25) is 0 Å². The van der Waals surface area contributed by atoms with Gasteiger partial charge in [0.1, 0.15) is 22.9 Å². The van der Waals surface area contributed by atoms with E-state index in [2.05, 4.69) is 35.5 Å². The molecular weight excluding hydrogens is 352 g/mol. The third-order valence-electron chi connectivity index (χ3n) is 4.36. The summed E-state index contributed by atoms with van der Waals surface area (Å²) in [5.74, 6) is 1.25. The van der Waals surface area contributed by atoms with Gasteiger partial charge in [0.05, 0.1) is 18.4 Å². The number of urea groups is 1. The molecule has 26 heavy (non-hydrogen) atoms. The SMILES string of the molecule is O=C(NCc1csc(-c2cnccn2)n1)N1CCC(c2ncn[nH]2)CC1. The zero-order chi connectivity index (χ0) is 17.8. The van der Waals surface area contributed by atoms with Crippen molar-refractivity contribution in [3.05, 3.63) is 41.8 Å². The maximum absolute atomic E-state index is 12.4. The fourth-order valence-corrected chi connectivity index (χ4v) is 3.74. The fraction of sp³-hybridized carbons (Fsp3) is 0.375. The molecule has 134 valence electrons. The highest BCUT2D eigenvalue weighted by molar-refractivity contribution is 7.13. The molecule has 3 aromatic rings. The molecule has 1 aliphatic rings. The number of amides is 2. The van der Waals surface area contributed by atoms with E-state index in [4.69, 9.17) is 0 Å². The van der Waals surface area contributed by atoms with Crippen LogP contribution in [0.15, 0.2) is 30.3 Å². The van der Waals surface area contributed by atoms with Gasteiger partial charge in [-0.2, -0.15) is 5.10 Å². The molecule has 10 heteroatoms. The van der Waals surface area contributed by atoms with Gasteiger partial charge in [0.15, 0.2) is 0 Å². The second-order valence-electron chi connectivity index (χ2n) is 6.03. The lowest BCUT2D eigenvalue weighted by molar-refractivity contribution is 0.180. The monoisotopic (exact) mass is 370 g/mol. The fourth-order valence-electron chi connectivity index (χ4n) is 2.96. The van der Waals surface area contributed by atoms with Crippen LogP contribution in [0.25, 0.3) is 10.7 Å². The normalized spacial score (nSPS) is 15.2. The van der Waals surface area contributed by atoms with Crippen LogP contribution in [0.1, 0.15) is 30.3 Å². The van der Waals surface area contributed by atoms with Crippen LogP contribution in [0.3, 0.4) is 0 Å². The molecular formula is C16H18N8OS. The molecule has 0 aliphatic carbocycles. The number of rotatable bonds is 4. The number of carbonyl (C=O) groups is 1. The Morgan fingerprint density at radius 1 is 1.31 bits per heavy atom. The molecule has 3 aromatic heterocycles. The molecule has 1 aliphatic heterocycles. The van der Waals surface area contributed by atoms with E-state index >= 15 is 0 Å². The molecule has 0 atom stereocenters. The van der Waals surface area contributed by atoms with Gasteiger partial charge in [-0.25, -0.2) is 14.8 Å². The number of nitrogens with one attached hydrogen (secondary N) is 2. The number of aromatic amines is 1. The van der Waals surface area contributed by atoms with E-state index in [1.807, 2.05) is 10.3 Å². The lowest BCUT2D eigenvalue weighted by atomic mass is 9.96. The molecule has 9 nitrogen and oxygen atoms in total. The number of hydrogen-bond acceptors (Lipinski definition) is 7. The zero-order valence-corrected chi connectivity index (χ0v) is 14.8. The van der Waals surface area contributed by atoms with Crippen LogP contribution in [0.4, 0.5) is 4.79 Å². The summed E-state index contributed by atoms with van der Waals surface area (Å²) < 4.78 is 0. The van der Waals surface area contributed by atoms with E-state index in [1.54, 1.807) is 18.6 Å². The van der Waals surface area contributed by atoms with E-state index < -0.39 is 0 Å². The zero-order valence-electron chi connectivity index (χ0n) is 14.0. The Labute approximate surface area is 153 Å². The molecule has 4 heterocycles.